The molecule has 19 heavy (non-hydrogen) atoms. The minimum absolute atomic E-state index is 0.349. The van der Waals surface area contributed by atoms with Crippen molar-refractivity contribution in [1.82, 2.24) is 5.32 Å². The fourth-order valence-electron chi connectivity index (χ4n) is 2.66. The molecular formula is C15H24ClNOS. The molecule has 1 aliphatic heterocycles. The predicted molar refractivity (Wildman–Crippen MR) is 83.2 cm³/mol. The molecule has 0 aromatic carbocycles. The Labute approximate surface area is 125 Å². The Bertz CT molecular complexity index is 385. The lowest BCUT2D eigenvalue weighted by atomic mass is 9.76. The van der Waals surface area contributed by atoms with Gasteiger partial charge in [0.05, 0.1) is 4.34 Å². The molecule has 2 heterocycles. The highest BCUT2D eigenvalue weighted by Crippen LogP contribution is 2.36. The molecule has 2 nitrogen and oxygen atoms in total. The first-order valence-electron chi connectivity index (χ1n) is 7.12. The third kappa shape index (κ3) is 4.75. The zero-order valence-electron chi connectivity index (χ0n) is 11.9. The van der Waals surface area contributed by atoms with Crippen LogP contribution in [0.25, 0.3) is 0 Å². The van der Waals surface area contributed by atoms with Crippen LogP contribution >= 0.6 is 22.9 Å². The van der Waals surface area contributed by atoms with Gasteiger partial charge in [0, 0.05) is 24.6 Å². The number of ether oxygens (including phenoxy) is 1. The molecule has 0 radical (unpaired) electrons. The summed E-state index contributed by atoms with van der Waals surface area (Å²) in [5.41, 5.74) is 0.349. The highest BCUT2D eigenvalue weighted by molar-refractivity contribution is 7.16. The third-order valence-corrected chi connectivity index (χ3v) is 5.02. The fourth-order valence-corrected chi connectivity index (χ4v) is 3.92. The molecule has 0 saturated carbocycles. The normalized spacial score (nSPS) is 18.9. The Morgan fingerprint density at radius 1 is 1.37 bits per heavy atom. The molecule has 1 fully saturated rings. The summed E-state index contributed by atoms with van der Waals surface area (Å²) in [6.45, 7) is 8.47. The first-order chi connectivity index (χ1) is 9.10. The van der Waals surface area contributed by atoms with Crippen LogP contribution in [0.15, 0.2) is 12.1 Å². The molecule has 0 bridgehead atoms. The highest BCUT2D eigenvalue weighted by atomic mass is 35.5. The zero-order valence-corrected chi connectivity index (χ0v) is 13.4. The Balaban J connectivity index is 1.97. The van der Waals surface area contributed by atoms with Gasteiger partial charge in [0.2, 0.25) is 0 Å². The van der Waals surface area contributed by atoms with Gasteiger partial charge >= 0.3 is 0 Å². The first kappa shape index (κ1) is 15.3. The lowest BCUT2D eigenvalue weighted by molar-refractivity contribution is 0.0151. The molecule has 0 spiro atoms. The van der Waals surface area contributed by atoms with Crippen LogP contribution in [0.1, 0.15) is 31.6 Å². The van der Waals surface area contributed by atoms with Gasteiger partial charge in [0.1, 0.15) is 0 Å². The number of nitrogens with one attached hydrogen (secondary N) is 1. The summed E-state index contributed by atoms with van der Waals surface area (Å²) in [6.07, 6.45) is 3.42. The molecule has 4 heteroatoms. The first-order valence-corrected chi connectivity index (χ1v) is 8.32. The van der Waals surface area contributed by atoms with E-state index >= 15 is 0 Å². The maximum atomic E-state index is 6.05. The molecule has 1 saturated heterocycles. The maximum absolute atomic E-state index is 6.05. The zero-order chi connectivity index (χ0) is 13.7. The average Bonchev–Trinajstić information content (AvgIpc) is 2.75. The molecule has 1 aromatic heterocycles. The summed E-state index contributed by atoms with van der Waals surface area (Å²) >= 11 is 7.76. The molecule has 0 unspecified atom stereocenters. The second-order valence-electron chi connectivity index (χ2n) is 6.02. The molecule has 1 aliphatic rings. The summed E-state index contributed by atoms with van der Waals surface area (Å²) in [5, 5.41) is 3.64. The van der Waals surface area contributed by atoms with Crippen LogP contribution < -0.4 is 5.32 Å². The molecule has 1 aromatic rings. The second kappa shape index (κ2) is 7.07. The van der Waals surface area contributed by atoms with Crippen molar-refractivity contribution in [3.05, 3.63) is 21.3 Å². The Hall–Kier alpha value is -0.0900. The van der Waals surface area contributed by atoms with E-state index in [1.807, 2.05) is 6.07 Å². The summed E-state index contributed by atoms with van der Waals surface area (Å²) < 4.78 is 6.44. The monoisotopic (exact) mass is 301 g/mol. The number of hydrogen-bond acceptors (Lipinski definition) is 3. The van der Waals surface area contributed by atoms with Gasteiger partial charge in [-0.2, -0.15) is 0 Å². The van der Waals surface area contributed by atoms with E-state index in [1.54, 1.807) is 11.3 Å². The van der Waals surface area contributed by atoms with Crippen molar-refractivity contribution in [2.24, 2.45) is 11.3 Å². The van der Waals surface area contributed by atoms with E-state index < -0.39 is 0 Å². The summed E-state index contributed by atoms with van der Waals surface area (Å²) in [5.74, 6) is 0.702. The fraction of sp³-hybridized carbons (Fsp3) is 0.733. The lowest BCUT2D eigenvalue weighted by Crippen LogP contribution is -2.41. The van der Waals surface area contributed by atoms with Crippen molar-refractivity contribution < 1.29 is 4.74 Å². The van der Waals surface area contributed by atoms with Gasteiger partial charge in [0.25, 0.3) is 0 Å². The lowest BCUT2D eigenvalue weighted by Gasteiger charge is -2.37. The van der Waals surface area contributed by atoms with Crippen molar-refractivity contribution in [3.8, 4) is 0 Å². The number of halogens is 1. The van der Waals surface area contributed by atoms with Crippen molar-refractivity contribution in [3.63, 3.8) is 0 Å². The van der Waals surface area contributed by atoms with E-state index in [1.165, 1.54) is 4.88 Å². The number of thiophene rings is 1. The van der Waals surface area contributed by atoms with Crippen LogP contribution in [-0.4, -0.2) is 26.3 Å². The predicted octanol–water partition coefficient (Wildman–Crippen LogP) is 3.99. The minimum Gasteiger partial charge on any atom is -0.381 e. The maximum Gasteiger partial charge on any atom is 0.0931 e. The van der Waals surface area contributed by atoms with E-state index in [4.69, 9.17) is 16.3 Å². The SMILES string of the molecule is CC(C)CNCC1(Cc2ccc(Cl)s2)CCOCC1. The van der Waals surface area contributed by atoms with Crippen LogP contribution in [0.2, 0.25) is 4.34 Å². The Kier molecular flexibility index (Phi) is 5.70. The minimum atomic E-state index is 0.349. The van der Waals surface area contributed by atoms with E-state index in [-0.39, 0.29) is 0 Å². The van der Waals surface area contributed by atoms with Crippen molar-refractivity contribution in [2.45, 2.75) is 33.1 Å². The van der Waals surface area contributed by atoms with Crippen LogP contribution in [-0.2, 0) is 11.2 Å². The third-order valence-electron chi connectivity index (χ3n) is 3.78. The van der Waals surface area contributed by atoms with Crippen molar-refractivity contribution >= 4 is 22.9 Å². The number of rotatable bonds is 6. The summed E-state index contributed by atoms with van der Waals surface area (Å²) in [4.78, 5) is 1.40. The van der Waals surface area contributed by atoms with Gasteiger partial charge in [0.15, 0.2) is 0 Å². The molecule has 0 aliphatic carbocycles. The quantitative estimate of drug-likeness (QED) is 0.858. The van der Waals surface area contributed by atoms with E-state index in [0.29, 0.717) is 11.3 Å². The smallest absolute Gasteiger partial charge is 0.0931 e. The van der Waals surface area contributed by atoms with Gasteiger partial charge < -0.3 is 10.1 Å². The van der Waals surface area contributed by atoms with E-state index in [9.17, 15) is 0 Å². The van der Waals surface area contributed by atoms with Gasteiger partial charge in [-0.05, 0) is 49.3 Å². The van der Waals surface area contributed by atoms with Crippen LogP contribution in [0.3, 0.4) is 0 Å². The Morgan fingerprint density at radius 3 is 2.68 bits per heavy atom. The standard InChI is InChI=1S/C15H24ClNOS/c1-12(2)10-17-11-15(5-7-18-8-6-15)9-13-3-4-14(16)19-13/h3-4,12,17H,5-11H2,1-2H3. The van der Waals surface area contributed by atoms with Gasteiger partial charge in [-0.25, -0.2) is 0 Å². The molecule has 0 atom stereocenters. The molecule has 108 valence electrons. The summed E-state index contributed by atoms with van der Waals surface area (Å²) in [7, 11) is 0. The van der Waals surface area contributed by atoms with Gasteiger partial charge in [-0.1, -0.05) is 25.4 Å². The average molecular weight is 302 g/mol. The summed E-state index contributed by atoms with van der Waals surface area (Å²) in [6, 6.07) is 4.18. The van der Waals surface area contributed by atoms with Crippen molar-refractivity contribution in [1.29, 1.82) is 0 Å². The highest BCUT2D eigenvalue weighted by Gasteiger charge is 2.32. The molecule has 1 N–H and O–H groups in total. The molecular weight excluding hydrogens is 278 g/mol. The Morgan fingerprint density at radius 2 is 2.11 bits per heavy atom. The second-order valence-corrected chi connectivity index (χ2v) is 7.82. The largest absolute Gasteiger partial charge is 0.381 e. The molecule has 0 amide bonds. The number of hydrogen-bond donors (Lipinski definition) is 1. The molecule has 2 rings (SSSR count). The topological polar surface area (TPSA) is 21.3 Å². The van der Waals surface area contributed by atoms with Crippen molar-refractivity contribution in [2.75, 3.05) is 26.3 Å². The van der Waals surface area contributed by atoms with Crippen LogP contribution in [0, 0.1) is 11.3 Å². The van der Waals surface area contributed by atoms with Crippen LogP contribution in [0.5, 0.6) is 0 Å². The van der Waals surface area contributed by atoms with Gasteiger partial charge in [-0.15, -0.1) is 11.3 Å². The van der Waals surface area contributed by atoms with E-state index in [2.05, 4.69) is 25.2 Å². The van der Waals surface area contributed by atoms with Gasteiger partial charge in [-0.3, -0.25) is 0 Å². The van der Waals surface area contributed by atoms with E-state index in [0.717, 1.165) is 49.9 Å². The van der Waals surface area contributed by atoms with Crippen LogP contribution in [0.4, 0.5) is 0 Å².